The monoisotopic (exact) mass is 381 g/mol. The predicted molar refractivity (Wildman–Crippen MR) is 111 cm³/mol. The van der Waals surface area contributed by atoms with Crippen LogP contribution in [0.5, 0.6) is 5.75 Å². The maximum Gasteiger partial charge on any atom is 0.253 e. The van der Waals surface area contributed by atoms with E-state index in [4.69, 9.17) is 4.74 Å². The van der Waals surface area contributed by atoms with Crippen LogP contribution in [0, 0.1) is 6.92 Å². The largest absolute Gasteiger partial charge is 0.497 e. The molecule has 1 fully saturated rings. The molecule has 28 heavy (non-hydrogen) atoms. The highest BCUT2D eigenvalue weighted by Crippen LogP contribution is 2.22. The quantitative estimate of drug-likeness (QED) is 0.683. The van der Waals surface area contributed by atoms with Crippen LogP contribution in [0.25, 0.3) is 0 Å². The lowest BCUT2D eigenvalue weighted by molar-refractivity contribution is -0.114. The van der Waals surface area contributed by atoms with Gasteiger partial charge in [0.15, 0.2) is 0 Å². The first kappa shape index (κ1) is 19.7. The molecule has 1 saturated carbocycles. The zero-order chi connectivity index (χ0) is 19.9. The maximum atomic E-state index is 12.6. The number of ether oxygens (including phenoxy) is 1. The Hall–Kier alpha value is -3.02. The van der Waals surface area contributed by atoms with E-state index in [9.17, 15) is 9.59 Å². The van der Waals surface area contributed by atoms with E-state index in [2.05, 4.69) is 16.0 Å². The van der Waals surface area contributed by atoms with Crippen LogP contribution in [-0.4, -0.2) is 31.5 Å². The van der Waals surface area contributed by atoms with Crippen LogP contribution in [-0.2, 0) is 4.79 Å². The number of carbonyl (C=O) groups excluding carboxylic acids is 2. The number of benzene rings is 2. The fourth-order valence-corrected chi connectivity index (χ4v) is 3.45. The summed E-state index contributed by atoms with van der Waals surface area (Å²) in [5.41, 5.74) is 2.87. The minimum Gasteiger partial charge on any atom is -0.497 e. The van der Waals surface area contributed by atoms with Gasteiger partial charge in [0.2, 0.25) is 5.91 Å². The number of hydrogen-bond acceptors (Lipinski definition) is 4. The number of nitrogens with one attached hydrogen (secondary N) is 3. The molecule has 3 N–H and O–H groups in total. The summed E-state index contributed by atoms with van der Waals surface area (Å²) < 4.78 is 5.19. The van der Waals surface area contributed by atoms with Gasteiger partial charge in [0, 0.05) is 11.7 Å². The number of anilines is 2. The SMILES string of the molecule is COc1ccc(NCC(=O)Nc2ccccc2C(=O)NC2CCCC2)c(C)c1. The molecule has 2 aromatic rings. The highest BCUT2D eigenvalue weighted by Gasteiger charge is 2.20. The third kappa shape index (κ3) is 5.03. The average molecular weight is 381 g/mol. The van der Waals surface area contributed by atoms with Crippen molar-refractivity contribution in [2.24, 2.45) is 0 Å². The first-order valence-electron chi connectivity index (χ1n) is 9.65. The highest BCUT2D eigenvalue weighted by atomic mass is 16.5. The molecule has 2 amide bonds. The second-order valence-electron chi connectivity index (χ2n) is 7.08. The van der Waals surface area contributed by atoms with E-state index in [0.29, 0.717) is 11.3 Å². The Kier molecular flexibility index (Phi) is 6.53. The van der Waals surface area contributed by atoms with Crippen molar-refractivity contribution >= 4 is 23.2 Å². The van der Waals surface area contributed by atoms with Crippen LogP contribution in [0.4, 0.5) is 11.4 Å². The molecule has 0 bridgehead atoms. The molecule has 0 radical (unpaired) electrons. The van der Waals surface area contributed by atoms with Crippen molar-refractivity contribution in [3.8, 4) is 5.75 Å². The summed E-state index contributed by atoms with van der Waals surface area (Å²) in [5, 5.41) is 9.03. The molecule has 3 rings (SSSR count). The molecule has 0 spiro atoms. The minimum atomic E-state index is -0.212. The third-order valence-electron chi connectivity index (χ3n) is 5.01. The normalized spacial score (nSPS) is 13.8. The molecule has 1 aliphatic carbocycles. The van der Waals surface area contributed by atoms with E-state index in [1.54, 1.807) is 25.3 Å². The van der Waals surface area contributed by atoms with Crippen molar-refractivity contribution in [3.05, 3.63) is 53.6 Å². The van der Waals surface area contributed by atoms with Gasteiger partial charge in [0.1, 0.15) is 5.75 Å². The average Bonchev–Trinajstić information content (AvgIpc) is 3.20. The molecule has 2 aromatic carbocycles. The molecule has 6 nitrogen and oxygen atoms in total. The fourth-order valence-electron chi connectivity index (χ4n) is 3.45. The Labute approximate surface area is 165 Å². The molecular weight excluding hydrogens is 354 g/mol. The molecule has 0 unspecified atom stereocenters. The molecule has 0 saturated heterocycles. The van der Waals surface area contributed by atoms with Gasteiger partial charge in [-0.25, -0.2) is 0 Å². The topological polar surface area (TPSA) is 79.5 Å². The zero-order valence-corrected chi connectivity index (χ0v) is 16.4. The van der Waals surface area contributed by atoms with E-state index < -0.39 is 0 Å². The van der Waals surface area contributed by atoms with Crippen LogP contribution in [0.3, 0.4) is 0 Å². The molecule has 148 valence electrons. The number of hydrogen-bond donors (Lipinski definition) is 3. The Balaban J connectivity index is 1.60. The summed E-state index contributed by atoms with van der Waals surface area (Å²) in [5.74, 6) is 0.424. The van der Waals surface area contributed by atoms with E-state index >= 15 is 0 Å². The highest BCUT2D eigenvalue weighted by molar-refractivity contribution is 6.04. The van der Waals surface area contributed by atoms with Gasteiger partial charge >= 0.3 is 0 Å². The summed E-state index contributed by atoms with van der Waals surface area (Å²) in [4.78, 5) is 25.0. The number of aryl methyl sites for hydroxylation is 1. The van der Waals surface area contributed by atoms with Crippen molar-refractivity contribution in [3.63, 3.8) is 0 Å². The molecular formula is C22H27N3O3. The smallest absolute Gasteiger partial charge is 0.253 e. The van der Waals surface area contributed by atoms with Gasteiger partial charge < -0.3 is 20.7 Å². The van der Waals surface area contributed by atoms with Gasteiger partial charge in [-0.1, -0.05) is 25.0 Å². The van der Waals surface area contributed by atoms with Crippen LogP contribution < -0.4 is 20.7 Å². The minimum absolute atomic E-state index is 0.103. The zero-order valence-electron chi connectivity index (χ0n) is 16.4. The predicted octanol–water partition coefficient (Wildman–Crippen LogP) is 3.73. The molecule has 0 atom stereocenters. The summed E-state index contributed by atoms with van der Waals surface area (Å²) in [6, 6.07) is 13.0. The molecule has 0 heterocycles. The summed E-state index contributed by atoms with van der Waals surface area (Å²) in [6.45, 7) is 2.05. The first-order chi connectivity index (χ1) is 13.6. The third-order valence-corrected chi connectivity index (χ3v) is 5.01. The first-order valence-corrected chi connectivity index (χ1v) is 9.65. The lowest BCUT2D eigenvalue weighted by Crippen LogP contribution is -2.33. The van der Waals surface area contributed by atoms with Crippen molar-refractivity contribution in [1.29, 1.82) is 0 Å². The van der Waals surface area contributed by atoms with Crippen LogP contribution >= 0.6 is 0 Å². The summed E-state index contributed by atoms with van der Waals surface area (Å²) in [6.07, 6.45) is 4.34. The van der Waals surface area contributed by atoms with Gasteiger partial charge in [-0.2, -0.15) is 0 Å². The Bertz CT molecular complexity index is 845. The second kappa shape index (κ2) is 9.26. The lowest BCUT2D eigenvalue weighted by Gasteiger charge is -2.15. The van der Waals surface area contributed by atoms with Crippen molar-refractivity contribution in [2.75, 3.05) is 24.3 Å². The van der Waals surface area contributed by atoms with Gasteiger partial charge in [0.05, 0.1) is 24.9 Å². The molecule has 1 aliphatic rings. The van der Waals surface area contributed by atoms with Gasteiger partial charge in [-0.15, -0.1) is 0 Å². The van der Waals surface area contributed by atoms with Gasteiger partial charge in [-0.05, 0) is 55.7 Å². The van der Waals surface area contributed by atoms with Crippen LogP contribution in [0.2, 0.25) is 0 Å². The van der Waals surface area contributed by atoms with E-state index in [1.165, 1.54) is 0 Å². The molecule has 0 aliphatic heterocycles. The Morgan fingerprint density at radius 3 is 2.54 bits per heavy atom. The van der Waals surface area contributed by atoms with Crippen molar-refractivity contribution in [2.45, 2.75) is 38.6 Å². The van der Waals surface area contributed by atoms with Crippen molar-refractivity contribution in [1.82, 2.24) is 5.32 Å². The van der Waals surface area contributed by atoms with Gasteiger partial charge in [-0.3, -0.25) is 9.59 Å². The number of rotatable bonds is 7. The summed E-state index contributed by atoms with van der Waals surface area (Å²) in [7, 11) is 1.62. The van der Waals surface area contributed by atoms with E-state index in [-0.39, 0.29) is 24.4 Å². The summed E-state index contributed by atoms with van der Waals surface area (Å²) >= 11 is 0. The molecule has 0 aromatic heterocycles. The van der Waals surface area contributed by atoms with E-state index in [0.717, 1.165) is 42.7 Å². The number of amides is 2. The fraction of sp³-hybridized carbons (Fsp3) is 0.364. The number of para-hydroxylation sites is 1. The second-order valence-corrected chi connectivity index (χ2v) is 7.08. The van der Waals surface area contributed by atoms with Crippen molar-refractivity contribution < 1.29 is 14.3 Å². The number of methoxy groups -OCH3 is 1. The Morgan fingerprint density at radius 1 is 1.07 bits per heavy atom. The van der Waals surface area contributed by atoms with Crippen LogP contribution in [0.15, 0.2) is 42.5 Å². The van der Waals surface area contributed by atoms with Crippen LogP contribution in [0.1, 0.15) is 41.6 Å². The lowest BCUT2D eigenvalue weighted by atomic mass is 10.1. The maximum absolute atomic E-state index is 12.6. The molecule has 6 heteroatoms. The standard InChI is InChI=1S/C22H27N3O3/c1-15-13-17(28-2)11-12-19(15)23-14-21(26)25-20-10-6-5-9-18(20)22(27)24-16-7-3-4-8-16/h5-6,9-13,16,23H,3-4,7-8,14H2,1-2H3,(H,24,27)(H,25,26). The Morgan fingerprint density at radius 2 is 1.82 bits per heavy atom. The van der Waals surface area contributed by atoms with E-state index in [1.807, 2.05) is 31.2 Å². The number of carbonyl (C=O) groups is 2. The van der Waals surface area contributed by atoms with Gasteiger partial charge in [0.25, 0.3) is 5.91 Å².